The number of hydrazine groups is 1. The first-order valence-corrected chi connectivity index (χ1v) is 6.06. The van der Waals surface area contributed by atoms with Gasteiger partial charge in [-0.25, -0.2) is 10.4 Å². The Morgan fingerprint density at radius 2 is 1.94 bits per heavy atom. The van der Waals surface area contributed by atoms with Crippen molar-refractivity contribution in [3.8, 4) is 0 Å². The summed E-state index contributed by atoms with van der Waals surface area (Å²) < 4.78 is 2.00. The Morgan fingerprint density at radius 1 is 1.28 bits per heavy atom. The van der Waals surface area contributed by atoms with Crippen molar-refractivity contribution in [3.05, 3.63) is 54.1 Å². The molecule has 1 aromatic carbocycles. The van der Waals surface area contributed by atoms with Gasteiger partial charge in [-0.05, 0) is 5.56 Å². The fraction of sp³-hybridized carbons (Fsp3) is 0.357. The molecule has 0 fully saturated rings. The van der Waals surface area contributed by atoms with Crippen LogP contribution >= 0.6 is 0 Å². The van der Waals surface area contributed by atoms with Crippen molar-refractivity contribution in [2.45, 2.75) is 25.3 Å². The number of aromatic nitrogens is 2. The van der Waals surface area contributed by atoms with Crippen molar-refractivity contribution in [1.29, 1.82) is 0 Å². The number of hydrogen-bond donors (Lipinski definition) is 2. The van der Waals surface area contributed by atoms with E-state index in [-0.39, 0.29) is 11.5 Å². The Kier molecular flexibility index (Phi) is 3.50. The molecule has 0 saturated heterocycles. The second-order valence-electron chi connectivity index (χ2n) is 5.08. The zero-order valence-electron chi connectivity index (χ0n) is 11.1. The summed E-state index contributed by atoms with van der Waals surface area (Å²) in [6.45, 7) is 4.34. The summed E-state index contributed by atoms with van der Waals surface area (Å²) in [4.78, 5) is 4.40. The Bertz CT molecular complexity index is 502. The van der Waals surface area contributed by atoms with E-state index in [0.29, 0.717) is 0 Å². The van der Waals surface area contributed by atoms with Crippen LogP contribution in [0.25, 0.3) is 0 Å². The van der Waals surface area contributed by atoms with Gasteiger partial charge < -0.3 is 4.57 Å². The summed E-state index contributed by atoms with van der Waals surface area (Å²) in [6, 6.07) is 10.3. The molecule has 0 aliphatic rings. The Morgan fingerprint density at radius 3 is 2.44 bits per heavy atom. The molecule has 4 nitrogen and oxygen atoms in total. The van der Waals surface area contributed by atoms with Crippen LogP contribution in [0.1, 0.15) is 31.3 Å². The number of nitrogens with zero attached hydrogens (tertiary/aromatic N) is 2. The van der Waals surface area contributed by atoms with Crippen molar-refractivity contribution in [2.24, 2.45) is 12.9 Å². The highest BCUT2D eigenvalue weighted by atomic mass is 15.3. The van der Waals surface area contributed by atoms with E-state index in [2.05, 4.69) is 36.4 Å². The van der Waals surface area contributed by atoms with Crippen molar-refractivity contribution in [3.63, 3.8) is 0 Å². The van der Waals surface area contributed by atoms with Crippen molar-refractivity contribution in [1.82, 2.24) is 15.0 Å². The topological polar surface area (TPSA) is 55.9 Å². The molecule has 1 atom stereocenters. The average molecular weight is 244 g/mol. The number of benzene rings is 1. The molecule has 0 aliphatic heterocycles. The van der Waals surface area contributed by atoms with Gasteiger partial charge in [0.2, 0.25) is 0 Å². The molecule has 2 rings (SSSR count). The second-order valence-corrected chi connectivity index (χ2v) is 5.08. The molecule has 4 heteroatoms. The van der Waals surface area contributed by atoms with E-state index in [1.54, 1.807) is 6.20 Å². The third-order valence-corrected chi connectivity index (χ3v) is 3.52. The highest BCUT2D eigenvalue weighted by molar-refractivity contribution is 5.27. The number of hydrogen-bond acceptors (Lipinski definition) is 3. The lowest BCUT2D eigenvalue weighted by molar-refractivity contribution is 0.332. The molecule has 18 heavy (non-hydrogen) atoms. The highest BCUT2D eigenvalue weighted by Gasteiger charge is 2.34. The van der Waals surface area contributed by atoms with E-state index in [1.165, 1.54) is 5.56 Å². The molecule has 1 heterocycles. The lowest BCUT2D eigenvalue weighted by atomic mass is 9.77. The summed E-state index contributed by atoms with van der Waals surface area (Å²) in [6.07, 6.45) is 3.72. The maximum Gasteiger partial charge on any atom is 0.127 e. The van der Waals surface area contributed by atoms with Crippen molar-refractivity contribution < 1.29 is 0 Å². The average Bonchev–Trinajstić information content (AvgIpc) is 2.78. The van der Waals surface area contributed by atoms with E-state index in [9.17, 15) is 0 Å². The van der Waals surface area contributed by atoms with Gasteiger partial charge in [0.05, 0.1) is 6.04 Å². The van der Waals surface area contributed by atoms with Gasteiger partial charge in [0, 0.05) is 24.9 Å². The normalized spacial score (nSPS) is 13.6. The monoisotopic (exact) mass is 244 g/mol. The molecule has 0 bridgehead atoms. The molecule has 0 spiro atoms. The maximum atomic E-state index is 5.75. The van der Waals surface area contributed by atoms with Gasteiger partial charge in [-0.15, -0.1) is 0 Å². The molecule has 0 saturated carbocycles. The SMILES string of the molecule is Cn1ccnc1C(NN)C(C)(C)c1ccccc1. The fourth-order valence-electron chi connectivity index (χ4n) is 2.30. The van der Waals surface area contributed by atoms with Gasteiger partial charge in [-0.1, -0.05) is 44.2 Å². The largest absolute Gasteiger partial charge is 0.337 e. The van der Waals surface area contributed by atoms with Gasteiger partial charge in [0.1, 0.15) is 5.82 Å². The molecule has 3 N–H and O–H groups in total. The number of nitrogens with two attached hydrogens (primary N) is 1. The van der Waals surface area contributed by atoms with Gasteiger partial charge >= 0.3 is 0 Å². The van der Waals surface area contributed by atoms with E-state index in [4.69, 9.17) is 5.84 Å². The van der Waals surface area contributed by atoms with Crippen LogP contribution in [0.4, 0.5) is 0 Å². The smallest absolute Gasteiger partial charge is 0.127 e. The van der Waals surface area contributed by atoms with Crippen LogP contribution in [0.5, 0.6) is 0 Å². The molecule has 2 aromatic rings. The fourth-order valence-corrected chi connectivity index (χ4v) is 2.30. The summed E-state index contributed by atoms with van der Waals surface area (Å²) in [5, 5.41) is 0. The summed E-state index contributed by atoms with van der Waals surface area (Å²) >= 11 is 0. The lowest BCUT2D eigenvalue weighted by Gasteiger charge is -2.34. The molecule has 0 radical (unpaired) electrons. The van der Waals surface area contributed by atoms with Crippen LogP contribution in [0.15, 0.2) is 42.7 Å². The predicted molar refractivity (Wildman–Crippen MR) is 72.7 cm³/mol. The quantitative estimate of drug-likeness (QED) is 0.638. The van der Waals surface area contributed by atoms with Gasteiger partial charge in [0.15, 0.2) is 0 Å². The maximum absolute atomic E-state index is 5.75. The van der Waals surface area contributed by atoms with Crippen LogP contribution in [0, 0.1) is 0 Å². The summed E-state index contributed by atoms with van der Waals surface area (Å²) in [7, 11) is 1.98. The molecular weight excluding hydrogens is 224 g/mol. The molecule has 0 amide bonds. The number of nitrogens with one attached hydrogen (secondary N) is 1. The van der Waals surface area contributed by atoms with Crippen LogP contribution in [0.2, 0.25) is 0 Å². The Hall–Kier alpha value is -1.65. The number of aryl methyl sites for hydroxylation is 1. The van der Waals surface area contributed by atoms with E-state index < -0.39 is 0 Å². The van der Waals surface area contributed by atoms with Crippen LogP contribution < -0.4 is 11.3 Å². The minimum Gasteiger partial charge on any atom is -0.337 e. The first kappa shape index (κ1) is 12.8. The molecule has 1 unspecified atom stereocenters. The summed E-state index contributed by atoms with van der Waals surface area (Å²) in [5.41, 5.74) is 3.99. The van der Waals surface area contributed by atoms with Gasteiger partial charge in [0.25, 0.3) is 0 Å². The molecule has 1 aromatic heterocycles. The summed E-state index contributed by atoms with van der Waals surface area (Å²) in [5.74, 6) is 6.69. The minimum atomic E-state index is -0.144. The molecule has 0 aliphatic carbocycles. The molecule has 96 valence electrons. The van der Waals surface area contributed by atoms with Crippen molar-refractivity contribution in [2.75, 3.05) is 0 Å². The first-order chi connectivity index (χ1) is 8.57. The van der Waals surface area contributed by atoms with Crippen LogP contribution in [-0.4, -0.2) is 9.55 Å². The Balaban J connectivity index is 2.42. The van der Waals surface area contributed by atoms with E-state index in [0.717, 1.165) is 5.82 Å². The highest BCUT2D eigenvalue weighted by Crippen LogP contribution is 2.35. The number of rotatable bonds is 4. The van der Waals surface area contributed by atoms with Crippen molar-refractivity contribution >= 4 is 0 Å². The lowest BCUT2D eigenvalue weighted by Crippen LogP contribution is -2.42. The number of imidazole rings is 1. The molecular formula is C14H20N4. The Labute approximate surface area is 108 Å². The van der Waals surface area contributed by atoms with Gasteiger partial charge in [-0.2, -0.15) is 0 Å². The second kappa shape index (κ2) is 4.92. The third kappa shape index (κ3) is 2.17. The zero-order chi connectivity index (χ0) is 13.2. The van der Waals surface area contributed by atoms with E-state index >= 15 is 0 Å². The first-order valence-electron chi connectivity index (χ1n) is 6.06. The predicted octanol–water partition coefficient (Wildman–Crippen LogP) is 1.90. The van der Waals surface area contributed by atoms with E-state index in [1.807, 2.05) is 36.0 Å². The van der Waals surface area contributed by atoms with Crippen LogP contribution in [0.3, 0.4) is 0 Å². The third-order valence-electron chi connectivity index (χ3n) is 3.52. The minimum absolute atomic E-state index is 0.0418. The van der Waals surface area contributed by atoms with Crippen LogP contribution in [-0.2, 0) is 12.5 Å². The zero-order valence-corrected chi connectivity index (χ0v) is 11.1. The standard InChI is InChI=1S/C14H20N4/c1-14(2,11-7-5-4-6-8-11)12(17-15)13-16-9-10-18(13)3/h4-10,12,17H,15H2,1-3H3. The van der Waals surface area contributed by atoms with Gasteiger partial charge in [-0.3, -0.25) is 5.84 Å².